The number of hydrogen-bond donors (Lipinski definition) is 4. The molecule has 58 heavy (non-hydrogen) atoms. The fraction of sp³-hybridized carbons (Fsp3) is 0.415. The van der Waals surface area contributed by atoms with Crippen LogP contribution in [0.25, 0.3) is 22.3 Å². The third-order valence-corrected chi connectivity index (χ3v) is 11.0. The van der Waals surface area contributed by atoms with E-state index in [1.165, 1.54) is 0 Å². The third-order valence-electron chi connectivity index (χ3n) is 10.7. The summed E-state index contributed by atoms with van der Waals surface area (Å²) in [4.78, 5) is 39.8. The number of para-hydroxylation sites is 1. The van der Waals surface area contributed by atoms with Crippen LogP contribution < -0.4 is 15.4 Å². The number of rotatable bonds is 13. The van der Waals surface area contributed by atoms with Crippen LogP contribution in [0.4, 0.5) is 13.2 Å². The molecule has 2 aromatic carbocycles. The Bertz CT molecular complexity index is 2180. The zero-order chi connectivity index (χ0) is 41.2. The molecular weight excluding hydrogens is 781 g/mol. The van der Waals surface area contributed by atoms with Crippen LogP contribution in [0.15, 0.2) is 88.1 Å². The van der Waals surface area contributed by atoms with Crippen molar-refractivity contribution in [2.24, 2.45) is 5.92 Å². The minimum absolute atomic E-state index is 0.0138. The molecule has 0 spiro atoms. The molecule has 0 aliphatic carbocycles. The molecule has 2 amide bonds. The second-order valence-electron chi connectivity index (χ2n) is 15.2. The number of aromatic nitrogens is 2. The normalized spacial score (nSPS) is 20.2. The van der Waals surface area contributed by atoms with Gasteiger partial charge in [-0.05, 0) is 62.7 Å². The maximum atomic E-state index is 14.1. The lowest BCUT2D eigenvalue weighted by Crippen LogP contribution is -2.63. The van der Waals surface area contributed by atoms with Gasteiger partial charge in [-0.3, -0.25) is 24.4 Å². The number of benzene rings is 2. The van der Waals surface area contributed by atoms with E-state index in [0.717, 1.165) is 10.9 Å². The number of β-amino-alcohol motifs (C(OH)–C–C–N with tert-alkyl or cyclic N) is 1. The van der Waals surface area contributed by atoms with Crippen LogP contribution in [-0.4, -0.2) is 106 Å². The average molecular weight is 825 g/mol. The van der Waals surface area contributed by atoms with Crippen molar-refractivity contribution in [3.8, 4) is 17.1 Å². The number of aliphatic hydroxyl groups excluding tert-OH is 2. The van der Waals surface area contributed by atoms with Crippen LogP contribution >= 0.6 is 11.6 Å². The topological polar surface area (TPSA) is 166 Å². The fourth-order valence-corrected chi connectivity index (χ4v) is 7.70. The van der Waals surface area contributed by atoms with E-state index >= 15 is 0 Å². The van der Waals surface area contributed by atoms with Gasteiger partial charge in [-0.15, -0.1) is 0 Å². The van der Waals surface area contributed by atoms with E-state index in [1.807, 2.05) is 24.1 Å². The van der Waals surface area contributed by atoms with Gasteiger partial charge in [-0.25, -0.2) is 4.98 Å². The van der Waals surface area contributed by atoms with Gasteiger partial charge >= 0.3 is 6.18 Å². The summed E-state index contributed by atoms with van der Waals surface area (Å²) in [5, 5.41) is 28.8. The first-order valence-corrected chi connectivity index (χ1v) is 19.3. The first-order valence-electron chi connectivity index (χ1n) is 18.9. The predicted octanol–water partition coefficient (Wildman–Crippen LogP) is 5.26. The lowest BCUT2D eigenvalue weighted by Gasteiger charge is -2.46. The van der Waals surface area contributed by atoms with Crippen molar-refractivity contribution < 1.29 is 46.5 Å². The van der Waals surface area contributed by atoms with Gasteiger partial charge in [0.15, 0.2) is 11.3 Å². The van der Waals surface area contributed by atoms with Gasteiger partial charge in [0, 0.05) is 66.3 Å². The highest BCUT2D eigenvalue weighted by Crippen LogP contribution is 2.35. The van der Waals surface area contributed by atoms with E-state index in [9.17, 15) is 33.0 Å². The fourth-order valence-electron chi connectivity index (χ4n) is 7.57. The molecule has 2 aliphatic rings. The third kappa shape index (κ3) is 9.48. The molecule has 0 radical (unpaired) electrons. The van der Waals surface area contributed by atoms with E-state index < -0.39 is 60.3 Å². The highest BCUT2D eigenvalue weighted by molar-refractivity contribution is 6.30. The van der Waals surface area contributed by atoms with Gasteiger partial charge in [0.05, 0.1) is 30.1 Å². The van der Waals surface area contributed by atoms with Gasteiger partial charge in [0.25, 0.3) is 0 Å². The number of carbonyl (C=O) groups excluding carboxylic acids is 2. The van der Waals surface area contributed by atoms with Gasteiger partial charge in [0.1, 0.15) is 36.8 Å². The van der Waals surface area contributed by atoms with Crippen molar-refractivity contribution >= 4 is 34.4 Å². The van der Waals surface area contributed by atoms with Crippen molar-refractivity contribution in [2.45, 2.75) is 62.7 Å². The molecule has 13 nitrogen and oxygen atoms in total. The highest BCUT2D eigenvalue weighted by atomic mass is 35.5. The SMILES string of the molecule is CC(C)(c1ncc(-c2ccc(Cl)cc2)o1)N1CCN(C[C@@H](O)C[C@H](Cc2cc3ccncc3o2)C(=O)N[C@H]2c3ccccc3OC[C@H]2O)[C@H](C(=O)NCC(F)(F)F)C1. The smallest absolute Gasteiger partial charge is 0.405 e. The summed E-state index contributed by atoms with van der Waals surface area (Å²) in [6.07, 6.45) is -2.17. The molecule has 5 atom stereocenters. The van der Waals surface area contributed by atoms with Crippen LogP contribution in [-0.2, 0) is 21.5 Å². The maximum absolute atomic E-state index is 14.1. The Morgan fingerprint density at radius 2 is 1.83 bits per heavy atom. The number of oxazole rings is 1. The Hall–Kier alpha value is -5.00. The minimum Gasteiger partial charge on any atom is -0.490 e. The minimum atomic E-state index is -4.64. The van der Waals surface area contributed by atoms with Crippen LogP contribution in [0.3, 0.4) is 0 Å². The van der Waals surface area contributed by atoms with Crippen molar-refractivity contribution in [1.82, 2.24) is 30.4 Å². The largest absolute Gasteiger partial charge is 0.490 e. The molecule has 0 saturated carbocycles. The molecular formula is C41H44ClF3N6O7. The first kappa shape index (κ1) is 41.2. The van der Waals surface area contributed by atoms with Crippen LogP contribution in [0, 0.1) is 5.92 Å². The summed E-state index contributed by atoms with van der Waals surface area (Å²) in [5.41, 5.74) is 0.977. The Morgan fingerprint density at radius 3 is 2.59 bits per heavy atom. The number of nitrogens with zero attached hydrogens (tertiary/aromatic N) is 4. The summed E-state index contributed by atoms with van der Waals surface area (Å²) in [5.74, 6) is -0.383. The van der Waals surface area contributed by atoms with Gasteiger partial charge in [-0.1, -0.05) is 29.8 Å². The number of nitrogens with one attached hydrogen (secondary N) is 2. The zero-order valence-corrected chi connectivity index (χ0v) is 32.5. The number of ether oxygens (including phenoxy) is 1. The molecule has 1 saturated heterocycles. The molecule has 7 rings (SSSR count). The predicted molar refractivity (Wildman–Crippen MR) is 207 cm³/mol. The Balaban J connectivity index is 1.09. The molecule has 2 aliphatic heterocycles. The number of furan rings is 1. The molecule has 5 heterocycles. The van der Waals surface area contributed by atoms with Gasteiger partial charge in [0.2, 0.25) is 17.7 Å². The molecule has 1 fully saturated rings. The van der Waals surface area contributed by atoms with E-state index in [-0.39, 0.29) is 39.1 Å². The monoisotopic (exact) mass is 824 g/mol. The van der Waals surface area contributed by atoms with Crippen LogP contribution in [0.2, 0.25) is 5.02 Å². The molecule has 0 bridgehead atoms. The van der Waals surface area contributed by atoms with E-state index in [1.54, 1.807) is 84.2 Å². The Labute approximate surface area is 337 Å². The number of carbonyl (C=O) groups is 2. The summed E-state index contributed by atoms with van der Waals surface area (Å²) >= 11 is 6.05. The number of halogens is 4. The van der Waals surface area contributed by atoms with Crippen LogP contribution in [0.5, 0.6) is 5.75 Å². The van der Waals surface area contributed by atoms with Crippen molar-refractivity contribution in [3.63, 3.8) is 0 Å². The maximum Gasteiger partial charge on any atom is 0.405 e. The highest BCUT2D eigenvalue weighted by Gasteiger charge is 2.43. The van der Waals surface area contributed by atoms with Crippen molar-refractivity contribution in [2.75, 3.05) is 39.3 Å². The van der Waals surface area contributed by atoms with Gasteiger partial charge in [-0.2, -0.15) is 13.2 Å². The quantitative estimate of drug-likeness (QED) is 0.122. The Kier molecular flexibility index (Phi) is 12.1. The number of piperazine rings is 1. The average Bonchev–Trinajstić information content (AvgIpc) is 3.86. The first-order chi connectivity index (χ1) is 27.6. The second kappa shape index (κ2) is 17.1. The van der Waals surface area contributed by atoms with E-state index in [4.69, 9.17) is 25.2 Å². The van der Waals surface area contributed by atoms with E-state index in [2.05, 4.69) is 15.3 Å². The van der Waals surface area contributed by atoms with E-state index in [0.29, 0.717) is 45.9 Å². The van der Waals surface area contributed by atoms with Crippen molar-refractivity contribution in [3.05, 3.63) is 101 Å². The standard InChI is InChI=1S/C41H44ClF3N6O7/c1-40(2,39-47-19-35(58-39)24-7-9-27(42)10-8-24)51-14-13-50(31(21-51)38(55)48-23-41(43,44)45)20-28(52)15-26(17-29-16-25-11-12-46-18-34(25)57-29)37(54)49-36-30-5-3-4-6-33(30)56-22-32(36)53/h3-12,16,18-19,26,28,31-32,36,52-53H,13-15,17,20-23H2,1-2H3,(H,48,55)(H,49,54)/t26-,28+,31+,32-,36+/m1/s1. The van der Waals surface area contributed by atoms with Crippen LogP contribution in [0.1, 0.15) is 43.5 Å². The zero-order valence-electron chi connectivity index (χ0n) is 31.8. The number of aliphatic hydroxyl groups is 2. The number of pyridine rings is 1. The number of alkyl halides is 3. The lowest BCUT2D eigenvalue weighted by molar-refractivity contribution is -0.145. The molecule has 17 heteroatoms. The molecule has 3 aromatic heterocycles. The summed E-state index contributed by atoms with van der Waals surface area (Å²) in [6, 6.07) is 15.8. The number of fused-ring (bicyclic) bond motifs is 2. The number of hydrogen-bond acceptors (Lipinski definition) is 11. The molecule has 0 unspecified atom stereocenters. The molecule has 308 valence electrons. The summed E-state index contributed by atoms with van der Waals surface area (Å²) in [6.45, 7) is 2.53. The lowest BCUT2D eigenvalue weighted by atomic mass is 9.92. The second-order valence-corrected chi connectivity index (χ2v) is 15.6. The number of amides is 2. The van der Waals surface area contributed by atoms with Gasteiger partial charge < -0.3 is 34.4 Å². The summed E-state index contributed by atoms with van der Waals surface area (Å²) < 4.78 is 57.7. The summed E-state index contributed by atoms with van der Waals surface area (Å²) in [7, 11) is 0. The molecule has 4 N–H and O–H groups in total. The van der Waals surface area contributed by atoms with Crippen molar-refractivity contribution in [1.29, 1.82) is 0 Å². The molecule has 5 aromatic rings. The Morgan fingerprint density at radius 1 is 1.05 bits per heavy atom.